The van der Waals surface area contributed by atoms with Crippen LogP contribution in [-0.4, -0.2) is 22.7 Å². The molecule has 1 aromatic heterocycles. The van der Waals surface area contributed by atoms with Gasteiger partial charge in [-0.3, -0.25) is 4.98 Å². The fraction of sp³-hybridized carbons (Fsp3) is 0.583. The van der Waals surface area contributed by atoms with Crippen molar-refractivity contribution in [2.24, 2.45) is 5.92 Å². The van der Waals surface area contributed by atoms with Crippen LogP contribution in [0.2, 0.25) is 0 Å². The number of aromatic nitrogens is 1. The molecule has 0 radical (unpaired) electrons. The summed E-state index contributed by atoms with van der Waals surface area (Å²) in [6, 6.07) is 0. The zero-order valence-electron chi connectivity index (χ0n) is 9.69. The smallest absolute Gasteiger partial charge is 0.0750 e. The van der Waals surface area contributed by atoms with E-state index in [1.54, 1.807) is 12.4 Å². The van der Waals surface area contributed by atoms with Gasteiger partial charge in [0.1, 0.15) is 0 Å². The van der Waals surface area contributed by atoms with Gasteiger partial charge in [0, 0.05) is 12.7 Å². The average molecular weight is 300 g/mol. The second kappa shape index (κ2) is 5.69. The minimum absolute atomic E-state index is 0.131. The SMILES string of the molecule is Nc1cncc(Br)c1NCC1CCCC(O)C1. The van der Waals surface area contributed by atoms with Crippen LogP contribution >= 0.6 is 15.9 Å². The van der Waals surface area contributed by atoms with Gasteiger partial charge < -0.3 is 16.2 Å². The van der Waals surface area contributed by atoms with Gasteiger partial charge in [-0.15, -0.1) is 0 Å². The Kier molecular flexibility index (Phi) is 4.23. The van der Waals surface area contributed by atoms with Gasteiger partial charge in [0.15, 0.2) is 0 Å². The molecule has 0 amide bonds. The van der Waals surface area contributed by atoms with Crippen LogP contribution in [0.25, 0.3) is 0 Å². The maximum Gasteiger partial charge on any atom is 0.0750 e. The molecule has 0 bridgehead atoms. The Morgan fingerprint density at radius 1 is 1.47 bits per heavy atom. The molecule has 0 saturated heterocycles. The number of nitrogens with one attached hydrogen (secondary N) is 1. The van der Waals surface area contributed by atoms with Gasteiger partial charge in [0.25, 0.3) is 0 Å². The zero-order valence-corrected chi connectivity index (χ0v) is 11.3. The lowest BCUT2D eigenvalue weighted by Gasteiger charge is -2.26. The van der Waals surface area contributed by atoms with Gasteiger partial charge in [-0.25, -0.2) is 0 Å². The lowest BCUT2D eigenvalue weighted by atomic mass is 9.87. The third-order valence-electron chi connectivity index (χ3n) is 3.25. The number of anilines is 2. The van der Waals surface area contributed by atoms with Gasteiger partial charge in [0.2, 0.25) is 0 Å². The fourth-order valence-electron chi connectivity index (χ4n) is 2.33. The molecule has 2 atom stereocenters. The molecule has 1 aromatic rings. The molecule has 4 N–H and O–H groups in total. The largest absolute Gasteiger partial charge is 0.396 e. The number of nitrogens with zero attached hydrogens (tertiary/aromatic N) is 1. The summed E-state index contributed by atoms with van der Waals surface area (Å²) in [6.07, 6.45) is 7.35. The molecular weight excluding hydrogens is 282 g/mol. The number of hydrogen-bond donors (Lipinski definition) is 3. The Morgan fingerprint density at radius 3 is 3.00 bits per heavy atom. The number of nitrogens with two attached hydrogens (primary N) is 1. The average Bonchev–Trinajstić information content (AvgIpc) is 2.28. The number of pyridine rings is 1. The van der Waals surface area contributed by atoms with E-state index < -0.39 is 0 Å². The molecule has 0 aliphatic heterocycles. The number of aliphatic hydroxyl groups is 1. The minimum atomic E-state index is -0.131. The van der Waals surface area contributed by atoms with Gasteiger partial charge in [-0.1, -0.05) is 6.42 Å². The fourth-order valence-corrected chi connectivity index (χ4v) is 2.82. The van der Waals surface area contributed by atoms with Crippen molar-refractivity contribution in [1.82, 2.24) is 4.98 Å². The Bertz CT molecular complexity index is 366. The standard InChI is InChI=1S/C12H18BrN3O/c13-10-6-15-7-11(14)12(10)16-5-8-2-1-3-9(17)4-8/h6-9,17H,1-5,14H2,(H,15,16). The first-order valence-electron chi connectivity index (χ1n) is 5.97. The van der Waals surface area contributed by atoms with Crippen LogP contribution in [0.15, 0.2) is 16.9 Å². The Morgan fingerprint density at radius 2 is 2.29 bits per heavy atom. The number of hydrogen-bond acceptors (Lipinski definition) is 4. The van der Waals surface area contributed by atoms with Crippen molar-refractivity contribution >= 4 is 27.3 Å². The Balaban J connectivity index is 1.93. The Labute approximate surface area is 110 Å². The predicted molar refractivity (Wildman–Crippen MR) is 72.8 cm³/mol. The molecule has 1 aliphatic carbocycles. The number of aliphatic hydroxyl groups excluding tert-OH is 1. The van der Waals surface area contributed by atoms with Crippen LogP contribution in [0.3, 0.4) is 0 Å². The predicted octanol–water partition coefficient (Wildman–Crippen LogP) is 2.39. The van der Waals surface area contributed by atoms with Crippen LogP contribution in [-0.2, 0) is 0 Å². The molecular formula is C12H18BrN3O. The highest BCUT2D eigenvalue weighted by molar-refractivity contribution is 9.10. The van der Waals surface area contributed by atoms with Crippen LogP contribution in [0.5, 0.6) is 0 Å². The normalized spacial score (nSPS) is 24.6. The minimum Gasteiger partial charge on any atom is -0.396 e. The maximum absolute atomic E-state index is 9.61. The summed E-state index contributed by atoms with van der Waals surface area (Å²) in [5.41, 5.74) is 7.41. The molecule has 0 aromatic carbocycles. The van der Waals surface area contributed by atoms with Crippen LogP contribution in [0.4, 0.5) is 11.4 Å². The van der Waals surface area contributed by atoms with Crippen molar-refractivity contribution in [3.63, 3.8) is 0 Å². The number of nitrogen functional groups attached to an aromatic ring is 1. The summed E-state index contributed by atoms with van der Waals surface area (Å²) in [5, 5.41) is 13.0. The van der Waals surface area contributed by atoms with E-state index in [1.807, 2.05) is 0 Å². The lowest BCUT2D eigenvalue weighted by molar-refractivity contribution is 0.105. The quantitative estimate of drug-likeness (QED) is 0.801. The monoisotopic (exact) mass is 299 g/mol. The van der Waals surface area contributed by atoms with Crippen molar-refractivity contribution in [3.8, 4) is 0 Å². The van der Waals surface area contributed by atoms with Crippen molar-refractivity contribution in [2.75, 3.05) is 17.6 Å². The molecule has 0 spiro atoms. The second-order valence-electron chi connectivity index (χ2n) is 4.65. The molecule has 17 heavy (non-hydrogen) atoms. The van der Waals surface area contributed by atoms with Gasteiger partial charge in [-0.05, 0) is 41.1 Å². The van der Waals surface area contributed by atoms with E-state index in [4.69, 9.17) is 5.73 Å². The topological polar surface area (TPSA) is 71.2 Å². The van der Waals surface area contributed by atoms with E-state index in [2.05, 4.69) is 26.2 Å². The summed E-state index contributed by atoms with van der Waals surface area (Å²) in [5.74, 6) is 0.526. The summed E-state index contributed by atoms with van der Waals surface area (Å²) in [7, 11) is 0. The van der Waals surface area contributed by atoms with E-state index in [-0.39, 0.29) is 6.10 Å². The van der Waals surface area contributed by atoms with Crippen molar-refractivity contribution in [2.45, 2.75) is 31.8 Å². The number of halogens is 1. The summed E-state index contributed by atoms with van der Waals surface area (Å²) < 4.78 is 0.883. The number of rotatable bonds is 3. The summed E-state index contributed by atoms with van der Waals surface area (Å²) >= 11 is 3.43. The third-order valence-corrected chi connectivity index (χ3v) is 3.85. The zero-order chi connectivity index (χ0) is 12.3. The highest BCUT2D eigenvalue weighted by atomic mass is 79.9. The third kappa shape index (κ3) is 3.33. The Hall–Kier alpha value is -0.810. The maximum atomic E-state index is 9.61. The molecule has 1 fully saturated rings. The van der Waals surface area contributed by atoms with Crippen LogP contribution in [0.1, 0.15) is 25.7 Å². The first-order chi connectivity index (χ1) is 8.16. The van der Waals surface area contributed by atoms with Crippen molar-refractivity contribution < 1.29 is 5.11 Å². The molecule has 1 heterocycles. The van der Waals surface area contributed by atoms with E-state index >= 15 is 0 Å². The highest BCUT2D eigenvalue weighted by Crippen LogP contribution is 2.29. The van der Waals surface area contributed by atoms with Gasteiger partial charge in [0.05, 0.1) is 28.1 Å². The molecule has 4 nitrogen and oxygen atoms in total. The molecule has 5 heteroatoms. The molecule has 94 valence electrons. The molecule has 2 unspecified atom stereocenters. The molecule has 2 rings (SSSR count). The second-order valence-corrected chi connectivity index (χ2v) is 5.51. The van der Waals surface area contributed by atoms with E-state index in [1.165, 1.54) is 6.42 Å². The van der Waals surface area contributed by atoms with E-state index in [0.29, 0.717) is 11.6 Å². The van der Waals surface area contributed by atoms with Crippen molar-refractivity contribution in [3.05, 3.63) is 16.9 Å². The molecule has 1 aliphatic rings. The summed E-state index contributed by atoms with van der Waals surface area (Å²) in [4.78, 5) is 4.00. The van der Waals surface area contributed by atoms with Gasteiger partial charge in [-0.2, -0.15) is 0 Å². The highest BCUT2D eigenvalue weighted by Gasteiger charge is 2.20. The van der Waals surface area contributed by atoms with E-state index in [0.717, 1.165) is 36.0 Å². The van der Waals surface area contributed by atoms with E-state index in [9.17, 15) is 5.11 Å². The first-order valence-corrected chi connectivity index (χ1v) is 6.77. The lowest BCUT2D eigenvalue weighted by Crippen LogP contribution is -2.25. The molecule has 1 saturated carbocycles. The van der Waals surface area contributed by atoms with Crippen molar-refractivity contribution in [1.29, 1.82) is 0 Å². The first kappa shape index (κ1) is 12.6. The van der Waals surface area contributed by atoms with Gasteiger partial charge >= 0.3 is 0 Å². The van der Waals surface area contributed by atoms with Crippen LogP contribution in [0, 0.1) is 5.92 Å². The summed E-state index contributed by atoms with van der Waals surface area (Å²) in [6.45, 7) is 0.851. The van der Waals surface area contributed by atoms with Crippen LogP contribution < -0.4 is 11.1 Å².